The molecule has 0 radical (unpaired) electrons. The normalized spacial score (nSPS) is 12.8. The number of phenolic OH excluding ortho intramolecular Hbond substituents is 1. The smallest absolute Gasteiger partial charge is 0.248 e. The molecule has 0 aliphatic carbocycles. The van der Waals surface area contributed by atoms with Crippen molar-refractivity contribution in [2.75, 3.05) is 4.72 Å². The van der Waals surface area contributed by atoms with E-state index in [0.717, 1.165) is 19.1 Å². The van der Waals surface area contributed by atoms with Crippen molar-refractivity contribution < 1.29 is 17.9 Å². The zero-order valence-corrected chi connectivity index (χ0v) is 10.2. The van der Waals surface area contributed by atoms with Gasteiger partial charge in [-0.2, -0.15) is 5.26 Å². The maximum atomic E-state index is 13.0. The van der Waals surface area contributed by atoms with Crippen LogP contribution in [0.3, 0.4) is 0 Å². The highest BCUT2D eigenvalue weighted by atomic mass is 35.5. The van der Waals surface area contributed by atoms with Crippen LogP contribution in [0.15, 0.2) is 12.1 Å². The van der Waals surface area contributed by atoms with Crippen molar-refractivity contribution in [2.45, 2.75) is 12.2 Å². The molecule has 0 heterocycles. The van der Waals surface area contributed by atoms with Gasteiger partial charge in [-0.05, 0) is 13.0 Å². The van der Waals surface area contributed by atoms with Crippen molar-refractivity contribution in [1.29, 1.82) is 5.26 Å². The van der Waals surface area contributed by atoms with Gasteiger partial charge in [0.1, 0.15) is 5.82 Å². The summed E-state index contributed by atoms with van der Waals surface area (Å²) in [5.74, 6) is -1.41. The number of sulfonamides is 1. The molecule has 1 unspecified atom stereocenters. The third-order valence-corrected chi connectivity index (χ3v) is 3.76. The molecule has 0 spiro atoms. The lowest BCUT2D eigenvalue weighted by Gasteiger charge is -2.11. The molecule has 8 heteroatoms. The van der Waals surface area contributed by atoms with E-state index in [0.29, 0.717) is 0 Å². The monoisotopic (exact) mass is 278 g/mol. The van der Waals surface area contributed by atoms with E-state index in [1.54, 1.807) is 0 Å². The lowest BCUT2D eigenvalue weighted by Crippen LogP contribution is -2.23. The fraction of sp³-hybridized carbons (Fsp3) is 0.222. The Morgan fingerprint density at radius 1 is 1.59 bits per heavy atom. The minimum Gasteiger partial charge on any atom is -0.504 e. The van der Waals surface area contributed by atoms with Gasteiger partial charge in [-0.1, -0.05) is 11.6 Å². The van der Waals surface area contributed by atoms with Crippen molar-refractivity contribution in [3.63, 3.8) is 0 Å². The number of nitrogens with zero attached hydrogens (tertiary/aromatic N) is 1. The average molecular weight is 279 g/mol. The van der Waals surface area contributed by atoms with Gasteiger partial charge in [-0.3, -0.25) is 4.72 Å². The van der Waals surface area contributed by atoms with Gasteiger partial charge in [-0.25, -0.2) is 12.8 Å². The number of phenols is 1. The van der Waals surface area contributed by atoms with Crippen LogP contribution in [0.1, 0.15) is 6.92 Å². The minimum atomic E-state index is -4.02. The Balaban J connectivity index is 3.18. The van der Waals surface area contributed by atoms with E-state index in [1.807, 2.05) is 4.72 Å². The van der Waals surface area contributed by atoms with Crippen LogP contribution in [0.2, 0.25) is 5.02 Å². The molecular weight excluding hydrogens is 271 g/mol. The Bertz CT molecular complexity index is 583. The Hall–Kier alpha value is -1.52. The molecule has 5 nitrogen and oxygen atoms in total. The van der Waals surface area contributed by atoms with E-state index in [9.17, 15) is 17.9 Å². The lowest BCUT2D eigenvalue weighted by molar-refractivity contribution is 0.476. The minimum absolute atomic E-state index is 0.327. The summed E-state index contributed by atoms with van der Waals surface area (Å²) in [6, 6.07) is 3.12. The summed E-state index contributed by atoms with van der Waals surface area (Å²) in [6.45, 7) is 1.15. The molecule has 0 bridgehead atoms. The molecule has 0 fully saturated rings. The molecule has 1 rings (SSSR count). The highest BCUT2D eigenvalue weighted by Gasteiger charge is 2.22. The van der Waals surface area contributed by atoms with E-state index in [4.69, 9.17) is 16.9 Å². The van der Waals surface area contributed by atoms with Crippen LogP contribution < -0.4 is 4.72 Å². The van der Waals surface area contributed by atoms with Gasteiger partial charge in [0.05, 0.1) is 16.8 Å². The highest BCUT2D eigenvalue weighted by molar-refractivity contribution is 7.93. The number of nitriles is 1. The number of nitrogens with one attached hydrogen (secondary N) is 1. The molecule has 17 heavy (non-hydrogen) atoms. The lowest BCUT2D eigenvalue weighted by atomic mass is 10.3. The van der Waals surface area contributed by atoms with Crippen molar-refractivity contribution in [3.8, 4) is 11.8 Å². The summed E-state index contributed by atoms with van der Waals surface area (Å²) in [6.07, 6.45) is 0. The summed E-state index contributed by atoms with van der Waals surface area (Å²) in [7, 11) is -4.02. The van der Waals surface area contributed by atoms with Crippen LogP contribution in [0.5, 0.6) is 5.75 Å². The predicted octanol–water partition coefficient (Wildman–Crippen LogP) is 1.84. The van der Waals surface area contributed by atoms with Gasteiger partial charge in [-0.15, -0.1) is 0 Å². The summed E-state index contributed by atoms with van der Waals surface area (Å²) in [5.41, 5.74) is -0.405. The Morgan fingerprint density at radius 2 is 2.18 bits per heavy atom. The number of aromatic hydroxyl groups is 1. The Labute approximate surface area is 102 Å². The molecule has 0 saturated heterocycles. The third kappa shape index (κ3) is 2.99. The molecular formula is C9H8ClFN2O3S. The summed E-state index contributed by atoms with van der Waals surface area (Å²) < 4.78 is 37.9. The zero-order chi connectivity index (χ0) is 13.2. The van der Waals surface area contributed by atoms with Crippen LogP contribution >= 0.6 is 11.6 Å². The number of benzene rings is 1. The van der Waals surface area contributed by atoms with Gasteiger partial charge in [0.15, 0.2) is 11.0 Å². The Morgan fingerprint density at radius 3 is 2.71 bits per heavy atom. The third-order valence-electron chi connectivity index (χ3n) is 1.93. The van der Waals surface area contributed by atoms with Gasteiger partial charge in [0, 0.05) is 6.07 Å². The van der Waals surface area contributed by atoms with Crippen molar-refractivity contribution in [2.24, 2.45) is 0 Å². The molecule has 2 N–H and O–H groups in total. The SMILES string of the molecule is CC(C#N)S(=O)(=O)Nc1cc(F)cc(Cl)c1O. The quantitative estimate of drug-likeness (QED) is 0.826. The first-order valence-corrected chi connectivity index (χ1v) is 6.29. The largest absolute Gasteiger partial charge is 0.504 e. The predicted molar refractivity (Wildman–Crippen MR) is 60.7 cm³/mol. The van der Waals surface area contributed by atoms with Crippen molar-refractivity contribution >= 4 is 27.3 Å². The van der Waals surface area contributed by atoms with E-state index < -0.39 is 32.5 Å². The number of hydrogen-bond donors (Lipinski definition) is 2. The molecule has 0 aliphatic rings. The van der Waals surface area contributed by atoms with E-state index in [2.05, 4.69) is 0 Å². The molecule has 1 atom stereocenters. The molecule has 1 aromatic carbocycles. The van der Waals surface area contributed by atoms with Crippen LogP contribution in [0.25, 0.3) is 0 Å². The second-order valence-electron chi connectivity index (χ2n) is 3.20. The number of halogens is 2. The van der Waals surface area contributed by atoms with Gasteiger partial charge in [0.25, 0.3) is 0 Å². The van der Waals surface area contributed by atoms with Gasteiger partial charge in [0.2, 0.25) is 10.0 Å². The van der Waals surface area contributed by atoms with Crippen molar-refractivity contribution in [1.82, 2.24) is 0 Å². The fourth-order valence-electron chi connectivity index (χ4n) is 0.955. The first-order valence-electron chi connectivity index (χ1n) is 4.37. The maximum absolute atomic E-state index is 13.0. The fourth-order valence-corrected chi connectivity index (χ4v) is 1.94. The van der Waals surface area contributed by atoms with E-state index >= 15 is 0 Å². The first-order chi connectivity index (χ1) is 7.77. The topological polar surface area (TPSA) is 90.2 Å². The summed E-state index contributed by atoms with van der Waals surface area (Å²) >= 11 is 5.47. The zero-order valence-electron chi connectivity index (χ0n) is 8.61. The maximum Gasteiger partial charge on any atom is 0.248 e. The Kier molecular flexibility index (Phi) is 3.80. The second kappa shape index (κ2) is 4.77. The molecule has 0 saturated carbocycles. The van der Waals surface area contributed by atoms with Crippen LogP contribution in [-0.4, -0.2) is 18.8 Å². The number of anilines is 1. The van der Waals surface area contributed by atoms with E-state index in [1.165, 1.54) is 6.07 Å². The molecule has 0 aromatic heterocycles. The second-order valence-corrected chi connectivity index (χ2v) is 5.61. The number of hydrogen-bond acceptors (Lipinski definition) is 4. The summed E-state index contributed by atoms with van der Waals surface area (Å²) in [5, 5.41) is 16.3. The molecule has 1 aromatic rings. The first kappa shape index (κ1) is 13.5. The van der Waals surface area contributed by atoms with Crippen LogP contribution in [0, 0.1) is 17.1 Å². The van der Waals surface area contributed by atoms with E-state index in [-0.39, 0.29) is 5.02 Å². The van der Waals surface area contributed by atoms with Crippen LogP contribution in [0.4, 0.5) is 10.1 Å². The summed E-state index contributed by atoms with van der Waals surface area (Å²) in [4.78, 5) is 0. The van der Waals surface area contributed by atoms with Crippen molar-refractivity contribution in [3.05, 3.63) is 23.0 Å². The average Bonchev–Trinajstić information content (AvgIpc) is 2.23. The molecule has 92 valence electrons. The highest BCUT2D eigenvalue weighted by Crippen LogP contribution is 2.33. The number of rotatable bonds is 3. The van der Waals surface area contributed by atoms with Crippen LogP contribution in [-0.2, 0) is 10.0 Å². The van der Waals surface area contributed by atoms with Gasteiger partial charge < -0.3 is 5.11 Å². The molecule has 0 amide bonds. The van der Waals surface area contributed by atoms with Gasteiger partial charge >= 0.3 is 0 Å². The standard InChI is InChI=1S/C9H8ClFN2O3S/c1-5(4-12)17(15,16)13-8-3-6(11)2-7(10)9(8)14/h2-3,5,13-14H,1H3. The molecule has 0 aliphatic heterocycles.